The number of esters is 2. The number of ether oxygens (including phenoxy) is 2. The van der Waals surface area contributed by atoms with Gasteiger partial charge in [-0.15, -0.1) is 0 Å². The molecule has 0 bridgehead atoms. The summed E-state index contributed by atoms with van der Waals surface area (Å²) in [6.07, 6.45) is 35.1. The summed E-state index contributed by atoms with van der Waals surface area (Å²) in [5.74, 6) is -1.16. The molecule has 0 aliphatic heterocycles. The lowest BCUT2D eigenvalue weighted by Crippen LogP contribution is -2.64. The van der Waals surface area contributed by atoms with Gasteiger partial charge in [0.05, 0.1) is 6.61 Å². The number of allylic oxidation sites excluding steroid dienone is 6. The molecule has 0 radical (unpaired) electrons. The van der Waals surface area contributed by atoms with Crippen LogP contribution in [0.5, 0.6) is 0 Å². The first kappa shape index (κ1) is 61.1. The molecule has 0 aromatic heterocycles. The summed E-state index contributed by atoms with van der Waals surface area (Å²) in [5.41, 5.74) is 0. The lowest BCUT2D eigenvalue weighted by atomic mass is 9.85. The third kappa shape index (κ3) is 33.3. The van der Waals surface area contributed by atoms with Crippen LogP contribution >= 0.6 is 7.82 Å². The average Bonchev–Trinajstić information content (AvgIpc) is 3.29. The fourth-order valence-corrected chi connectivity index (χ4v) is 8.75. The van der Waals surface area contributed by atoms with Crippen LogP contribution in [0.2, 0.25) is 0 Å². The van der Waals surface area contributed by atoms with Crippen molar-refractivity contribution in [2.24, 2.45) is 0 Å². The third-order valence-electron chi connectivity index (χ3n) is 11.9. The summed E-state index contributed by atoms with van der Waals surface area (Å²) < 4.78 is 33.5. The number of carbonyl (C=O) groups excluding carboxylic acids is 2. The second kappa shape index (κ2) is 41.1. The number of hydrogen-bond donors (Lipinski definition) is 6. The molecular weight excluding hydrogens is 852 g/mol. The molecule has 6 unspecified atom stereocenters. The monoisotopic (exact) mass is 945 g/mol. The van der Waals surface area contributed by atoms with Crippen LogP contribution in [0, 0.1) is 0 Å². The predicted molar refractivity (Wildman–Crippen MR) is 258 cm³/mol. The average molecular weight is 945 g/mol. The molecule has 1 fully saturated rings. The number of unbranched alkanes of at least 4 members (excludes halogenated alkanes) is 25. The van der Waals surface area contributed by atoms with Crippen molar-refractivity contribution in [2.75, 3.05) is 13.2 Å². The lowest BCUT2D eigenvalue weighted by molar-refractivity contribution is -0.220. The first-order valence-corrected chi connectivity index (χ1v) is 27.3. The SMILES string of the molecule is CCCCCCCC/C=C/CCCCCC(=O)O[C@@H](COC(=O)CCC/C=C/CC/C=C/CCCCCCCCCCCCCCCC)COP(=O)(O)OC1C(O)C(O)C(O)[C@H](O)C1O. The maximum atomic E-state index is 12.8. The molecule has 6 N–H and O–H groups in total. The van der Waals surface area contributed by atoms with Crippen molar-refractivity contribution >= 4 is 19.8 Å². The van der Waals surface area contributed by atoms with Gasteiger partial charge in [0.25, 0.3) is 0 Å². The van der Waals surface area contributed by atoms with Crippen LogP contribution in [0.3, 0.4) is 0 Å². The van der Waals surface area contributed by atoms with E-state index in [1.807, 2.05) is 6.08 Å². The van der Waals surface area contributed by atoms with Crippen molar-refractivity contribution in [3.8, 4) is 0 Å². The molecule has 8 atom stereocenters. The van der Waals surface area contributed by atoms with Crippen molar-refractivity contribution in [2.45, 2.75) is 262 Å². The Hall–Kier alpha value is -1.93. The van der Waals surface area contributed by atoms with E-state index in [2.05, 4.69) is 44.2 Å². The van der Waals surface area contributed by atoms with Gasteiger partial charge in [0.15, 0.2) is 6.10 Å². The molecule has 0 heterocycles. The molecule has 65 heavy (non-hydrogen) atoms. The summed E-state index contributed by atoms with van der Waals surface area (Å²) >= 11 is 0. The summed E-state index contributed by atoms with van der Waals surface area (Å²) in [4.78, 5) is 35.7. The lowest BCUT2D eigenvalue weighted by Gasteiger charge is -2.41. The Morgan fingerprint density at radius 2 is 0.815 bits per heavy atom. The van der Waals surface area contributed by atoms with Crippen molar-refractivity contribution < 1.29 is 63.1 Å². The Balaban J connectivity index is 2.39. The van der Waals surface area contributed by atoms with Crippen molar-refractivity contribution in [3.05, 3.63) is 36.5 Å². The van der Waals surface area contributed by atoms with Crippen molar-refractivity contribution in [3.63, 3.8) is 0 Å². The zero-order valence-electron chi connectivity index (χ0n) is 40.5. The van der Waals surface area contributed by atoms with E-state index in [9.17, 15) is 44.6 Å². The van der Waals surface area contributed by atoms with Gasteiger partial charge in [0, 0.05) is 12.8 Å². The molecule has 1 saturated carbocycles. The summed E-state index contributed by atoms with van der Waals surface area (Å²) in [7, 11) is -5.13. The maximum Gasteiger partial charge on any atom is 0.472 e. The molecule has 1 rings (SSSR count). The van der Waals surface area contributed by atoms with Gasteiger partial charge in [-0.1, -0.05) is 172 Å². The molecule has 380 valence electrons. The van der Waals surface area contributed by atoms with Gasteiger partial charge in [-0.05, 0) is 70.6 Å². The topological polar surface area (TPSA) is 210 Å². The highest BCUT2D eigenvalue weighted by atomic mass is 31.2. The van der Waals surface area contributed by atoms with Crippen LogP contribution in [0.25, 0.3) is 0 Å². The second-order valence-corrected chi connectivity index (χ2v) is 19.4. The highest BCUT2D eigenvalue weighted by Gasteiger charge is 2.51. The van der Waals surface area contributed by atoms with Crippen LogP contribution in [0.4, 0.5) is 0 Å². The van der Waals surface area contributed by atoms with Crippen LogP contribution in [0.15, 0.2) is 36.5 Å². The number of hydrogen-bond acceptors (Lipinski definition) is 12. The van der Waals surface area contributed by atoms with E-state index in [1.165, 1.54) is 128 Å². The third-order valence-corrected chi connectivity index (χ3v) is 12.9. The Kier molecular flexibility index (Phi) is 38.6. The Morgan fingerprint density at radius 1 is 0.462 bits per heavy atom. The molecule has 14 heteroatoms. The van der Waals surface area contributed by atoms with E-state index in [-0.39, 0.29) is 12.8 Å². The van der Waals surface area contributed by atoms with E-state index < -0.39 is 75.7 Å². The van der Waals surface area contributed by atoms with Gasteiger partial charge in [0.1, 0.15) is 43.2 Å². The number of aliphatic hydroxyl groups excluding tert-OH is 5. The van der Waals surface area contributed by atoms with Crippen LogP contribution in [-0.2, 0) is 32.7 Å². The number of aliphatic hydroxyl groups is 5. The fraction of sp³-hybridized carbons (Fsp3) is 0.843. The molecule has 1 aliphatic rings. The van der Waals surface area contributed by atoms with Gasteiger partial charge in [-0.2, -0.15) is 0 Å². The first-order valence-electron chi connectivity index (χ1n) is 25.8. The zero-order chi connectivity index (χ0) is 47.8. The number of phosphoric ester groups is 1. The summed E-state index contributed by atoms with van der Waals surface area (Å²) in [6.45, 7) is 3.27. The van der Waals surface area contributed by atoms with Gasteiger partial charge in [-0.25, -0.2) is 4.57 Å². The fourth-order valence-electron chi connectivity index (χ4n) is 7.77. The van der Waals surface area contributed by atoms with E-state index in [4.69, 9.17) is 18.5 Å². The Bertz CT molecular complexity index is 1280. The minimum absolute atomic E-state index is 0.0689. The predicted octanol–water partition coefficient (Wildman–Crippen LogP) is 11.0. The number of rotatable bonds is 43. The maximum absolute atomic E-state index is 12.8. The molecule has 0 amide bonds. The van der Waals surface area contributed by atoms with Gasteiger partial charge >= 0.3 is 19.8 Å². The molecule has 0 saturated heterocycles. The highest BCUT2D eigenvalue weighted by Crippen LogP contribution is 2.47. The zero-order valence-corrected chi connectivity index (χ0v) is 41.4. The van der Waals surface area contributed by atoms with Crippen molar-refractivity contribution in [1.29, 1.82) is 0 Å². The number of carbonyl (C=O) groups is 2. The molecule has 0 aromatic carbocycles. The van der Waals surface area contributed by atoms with E-state index >= 15 is 0 Å². The summed E-state index contributed by atoms with van der Waals surface area (Å²) in [6, 6.07) is 0. The standard InChI is InChI=1S/C51H93O13P/c1-3-5-7-9-11-13-15-17-18-19-20-21-22-23-24-25-26-28-29-31-33-35-37-39-44(52)61-41-43(42-62-65(59,60)64-51-49(57)47(55)46(54)48(56)50(51)58)63-45(53)40-38-36-34-32-30-27-16-14-12-10-8-6-4-2/h25-27,30-31,33,43,46-51,54-58H,3-24,28-29,32,34-42H2,1-2H3,(H,59,60)/b26-25+,30-27+,33-31+/t43-,46?,47-,48?,49?,50?,51?/m0/s1. The van der Waals surface area contributed by atoms with Gasteiger partial charge in [0.2, 0.25) is 0 Å². The minimum atomic E-state index is -5.13. The smallest absolute Gasteiger partial charge is 0.462 e. The molecule has 1 aliphatic carbocycles. The molecule has 0 spiro atoms. The number of phosphoric acid groups is 1. The largest absolute Gasteiger partial charge is 0.472 e. The normalized spacial score (nSPS) is 21.7. The highest BCUT2D eigenvalue weighted by molar-refractivity contribution is 7.47. The van der Waals surface area contributed by atoms with E-state index in [1.54, 1.807) is 0 Å². The van der Waals surface area contributed by atoms with Crippen LogP contribution in [-0.4, -0.2) is 98.3 Å². The van der Waals surface area contributed by atoms with Crippen LogP contribution in [0.1, 0.15) is 219 Å². The molecule has 0 aromatic rings. The van der Waals surface area contributed by atoms with Gasteiger partial charge in [-0.3, -0.25) is 18.6 Å². The van der Waals surface area contributed by atoms with Crippen molar-refractivity contribution in [1.82, 2.24) is 0 Å². The molecular formula is C51H93O13P. The Labute approximate surface area is 393 Å². The Morgan fingerprint density at radius 3 is 1.26 bits per heavy atom. The summed E-state index contributed by atoms with van der Waals surface area (Å²) in [5, 5.41) is 50.2. The first-order chi connectivity index (χ1) is 31.4. The van der Waals surface area contributed by atoms with Gasteiger partial charge < -0.3 is 39.9 Å². The minimum Gasteiger partial charge on any atom is -0.462 e. The second-order valence-electron chi connectivity index (χ2n) is 18.0. The van der Waals surface area contributed by atoms with Crippen LogP contribution < -0.4 is 0 Å². The van der Waals surface area contributed by atoms with E-state index in [0.717, 1.165) is 44.9 Å². The van der Waals surface area contributed by atoms with E-state index in [0.29, 0.717) is 19.3 Å². The molecule has 13 nitrogen and oxygen atoms in total. The quantitative estimate of drug-likeness (QED) is 0.0146.